The quantitative estimate of drug-likeness (QED) is 0.0110. The molecule has 36 heteroatoms. The highest BCUT2D eigenvalue weighted by molar-refractivity contribution is 7.80. The number of hydrogen-bond acceptors (Lipinski definition) is 21. The maximum atomic E-state index is 14.5. The molecule has 0 radical (unpaired) electrons. The van der Waals surface area contributed by atoms with Crippen LogP contribution in [0.4, 0.5) is 0 Å². The lowest BCUT2D eigenvalue weighted by molar-refractivity contribution is -0.142. The molecule has 0 bridgehead atoms. The van der Waals surface area contributed by atoms with Crippen LogP contribution in [-0.4, -0.2) is 199 Å². The van der Waals surface area contributed by atoms with E-state index in [0.29, 0.717) is 16.7 Å². The van der Waals surface area contributed by atoms with Gasteiger partial charge < -0.3 is 107 Å². The van der Waals surface area contributed by atoms with Crippen molar-refractivity contribution < 1.29 is 93.0 Å². The van der Waals surface area contributed by atoms with Crippen LogP contribution in [0.25, 0.3) is 0 Å². The van der Waals surface area contributed by atoms with Gasteiger partial charge in [0.05, 0.1) is 6.04 Å². The fourth-order valence-corrected chi connectivity index (χ4v) is 9.65. The summed E-state index contributed by atoms with van der Waals surface area (Å²) in [5.74, 6) is -16.3. The maximum Gasteiger partial charge on any atom is 0.326 e. The third kappa shape index (κ3) is 30.0. The first-order valence-corrected chi connectivity index (χ1v) is 31.4. The SMILES string of the molecule is NCCCC[C@H](NC(=O)[C@H](CCCN=C(N)N)NC(=O)[C@H](CCC(=O)O)NC(=O)[C@H](CCC(N)=O)NC(=O)[C@H](CS)NC(=O)[C@@H](N)Cc1ccc(O)cc1)C(=O)N[C@@H](CCC(=O)O)C(=O)N[C@@H](Cc1ccc(O)cc1)C(=O)N[C@@H](CS)C(=O)N[C@@H](Cc1ccc(O)cc1)C(=O)O. The number of carboxylic acid groups (broad SMARTS) is 3. The first-order chi connectivity index (χ1) is 45.4. The summed E-state index contributed by atoms with van der Waals surface area (Å²) in [5, 5.41) is 80.5. The van der Waals surface area contributed by atoms with Gasteiger partial charge in [0.2, 0.25) is 59.1 Å². The Labute approximate surface area is 562 Å². The Morgan fingerprint density at radius 3 is 1.04 bits per heavy atom. The van der Waals surface area contributed by atoms with E-state index in [9.17, 15) is 93.0 Å². The summed E-state index contributed by atoms with van der Waals surface area (Å²) in [6.45, 7) is -0.0427. The van der Waals surface area contributed by atoms with E-state index in [0.717, 1.165) is 0 Å². The number of guanidine groups is 1. The largest absolute Gasteiger partial charge is 0.508 e. The minimum atomic E-state index is -1.82. The number of hydrogen-bond donors (Lipinski definition) is 22. The van der Waals surface area contributed by atoms with Crippen molar-refractivity contribution in [2.75, 3.05) is 24.6 Å². The topological polar surface area (TPSA) is 594 Å². The van der Waals surface area contributed by atoms with Crippen LogP contribution in [0, 0.1) is 0 Å². The monoisotopic (exact) mass is 1380 g/mol. The molecule has 0 unspecified atom stereocenters. The molecular formula is C60H85N15O19S2. The van der Waals surface area contributed by atoms with Gasteiger partial charge in [0.1, 0.15) is 71.6 Å². The van der Waals surface area contributed by atoms with Gasteiger partial charge in [0.15, 0.2) is 5.96 Å². The number of carboxylic acids is 3. The van der Waals surface area contributed by atoms with Gasteiger partial charge in [-0.1, -0.05) is 36.4 Å². The van der Waals surface area contributed by atoms with Crippen LogP contribution in [0.3, 0.4) is 0 Å². The molecule has 0 aromatic heterocycles. The van der Waals surface area contributed by atoms with Gasteiger partial charge >= 0.3 is 17.9 Å². The highest BCUT2D eigenvalue weighted by atomic mass is 32.1. The average Bonchev–Trinajstić information content (AvgIpc) is 0.898. The minimum absolute atomic E-state index is 0.0214. The molecule has 0 heterocycles. The lowest BCUT2D eigenvalue weighted by Crippen LogP contribution is -2.61. The zero-order valence-corrected chi connectivity index (χ0v) is 53.9. The number of carbonyl (C=O) groups excluding carboxylic acids is 10. The van der Waals surface area contributed by atoms with Gasteiger partial charge in [0, 0.05) is 50.2 Å². The Bertz CT molecular complexity index is 3180. The summed E-state index contributed by atoms with van der Waals surface area (Å²) < 4.78 is 0. The third-order valence-electron chi connectivity index (χ3n) is 14.4. The van der Waals surface area contributed by atoms with Gasteiger partial charge in [-0.2, -0.15) is 25.3 Å². The van der Waals surface area contributed by atoms with Crippen molar-refractivity contribution >= 4 is 108 Å². The number of primary amides is 1. The molecule has 526 valence electrons. The summed E-state index contributed by atoms with van der Waals surface area (Å²) in [6.07, 6.45) is -4.65. The molecule has 0 aliphatic rings. The van der Waals surface area contributed by atoms with Gasteiger partial charge in [-0.15, -0.1) is 0 Å². The van der Waals surface area contributed by atoms with Crippen molar-refractivity contribution in [2.24, 2.45) is 33.7 Å². The lowest BCUT2D eigenvalue weighted by Gasteiger charge is -2.28. The molecule has 0 spiro atoms. The van der Waals surface area contributed by atoms with Crippen LogP contribution in [0.15, 0.2) is 77.8 Å². The van der Waals surface area contributed by atoms with E-state index in [4.69, 9.17) is 28.7 Å². The summed E-state index contributed by atoms with van der Waals surface area (Å²) in [7, 11) is 0. The molecule has 10 amide bonds. The highest BCUT2D eigenvalue weighted by Gasteiger charge is 2.36. The predicted octanol–water partition coefficient (Wildman–Crippen LogP) is -4.36. The van der Waals surface area contributed by atoms with Gasteiger partial charge in [-0.25, -0.2) is 4.79 Å². The van der Waals surface area contributed by atoms with Crippen molar-refractivity contribution in [3.05, 3.63) is 89.5 Å². The van der Waals surface area contributed by atoms with E-state index < -0.39 is 182 Å². The molecule has 0 aliphatic carbocycles. The fourth-order valence-electron chi connectivity index (χ4n) is 9.13. The second-order valence-corrected chi connectivity index (χ2v) is 22.8. The molecular weight excluding hydrogens is 1300 g/mol. The second kappa shape index (κ2) is 41.7. The van der Waals surface area contributed by atoms with E-state index in [-0.39, 0.29) is 93.4 Å². The Kier molecular flexibility index (Phi) is 34.9. The molecule has 3 aromatic carbocycles. The Balaban J connectivity index is 1.96. The zero-order valence-electron chi connectivity index (χ0n) is 52.1. The van der Waals surface area contributed by atoms with Crippen LogP contribution in [0.1, 0.15) is 87.3 Å². The smallest absolute Gasteiger partial charge is 0.326 e. The summed E-state index contributed by atoms with van der Waals surface area (Å²) >= 11 is 8.35. The third-order valence-corrected chi connectivity index (χ3v) is 15.1. The van der Waals surface area contributed by atoms with Crippen molar-refractivity contribution in [3.63, 3.8) is 0 Å². The lowest BCUT2D eigenvalue weighted by atomic mass is 10.0. The number of aliphatic carboxylic acids is 3. The number of nitrogens with one attached hydrogen (secondary N) is 9. The van der Waals surface area contributed by atoms with Crippen molar-refractivity contribution in [1.29, 1.82) is 0 Å². The van der Waals surface area contributed by atoms with E-state index >= 15 is 0 Å². The van der Waals surface area contributed by atoms with E-state index in [2.05, 4.69) is 78.1 Å². The van der Waals surface area contributed by atoms with E-state index in [1.54, 1.807) is 0 Å². The number of unbranched alkanes of at least 4 members (excludes halogenated alkanes) is 1. The number of nitrogens with two attached hydrogens (primary N) is 5. The van der Waals surface area contributed by atoms with Gasteiger partial charge in [-0.05, 0) is 117 Å². The van der Waals surface area contributed by atoms with Crippen LogP contribution in [0.5, 0.6) is 17.2 Å². The Hall–Kier alpha value is -9.94. The minimum Gasteiger partial charge on any atom is -0.508 e. The van der Waals surface area contributed by atoms with Crippen molar-refractivity contribution in [1.82, 2.24) is 47.9 Å². The summed E-state index contributed by atoms with van der Waals surface area (Å²) in [4.78, 5) is 179. The number of nitrogens with zero attached hydrogens (tertiary/aromatic N) is 1. The molecule has 0 saturated heterocycles. The fraction of sp³-hybridized carbons (Fsp3) is 0.467. The predicted molar refractivity (Wildman–Crippen MR) is 351 cm³/mol. The number of phenolic OH excluding ortho intramolecular Hbond substituents is 3. The van der Waals surface area contributed by atoms with E-state index in [1.807, 2.05) is 0 Å². The van der Waals surface area contributed by atoms with Gasteiger partial charge in [0.25, 0.3) is 0 Å². The van der Waals surface area contributed by atoms with Gasteiger partial charge in [-0.3, -0.25) is 62.5 Å². The number of thiol groups is 2. The first-order valence-electron chi connectivity index (χ1n) is 30.2. The number of carbonyl (C=O) groups is 13. The van der Waals surface area contributed by atoms with Crippen molar-refractivity contribution in [3.8, 4) is 17.2 Å². The summed E-state index contributed by atoms with van der Waals surface area (Å²) in [6, 6.07) is 0.622. The van der Waals surface area contributed by atoms with Crippen LogP contribution >= 0.6 is 25.3 Å². The Morgan fingerprint density at radius 1 is 0.385 bits per heavy atom. The summed E-state index contributed by atoms with van der Waals surface area (Å²) in [5.41, 5.74) is 29.6. The maximum absolute atomic E-state index is 14.5. The zero-order chi connectivity index (χ0) is 71.6. The van der Waals surface area contributed by atoms with E-state index in [1.165, 1.54) is 72.8 Å². The molecule has 3 rings (SSSR count). The molecule has 25 N–H and O–H groups in total. The standard InChI is InChI=1S/C60H85N15O19S2/c61-24-2-1-4-38(51(85)69-42(20-23-49(82)83)55(89)72-43(27-32-8-14-35(77)15-9-32)56(90)75-46(30-96)58(92)73-44(59(93)94)28-33-10-16-36(78)17-11-33)67-52(86)39(5-3-25-66-60(64)65)68-54(88)41(19-22-48(80)81)70-53(87)40(18-21-47(63)79)71-57(91)45(29-95)74-50(84)37(62)26-31-6-12-34(76)13-7-31/h6-17,37-46,76-78,95-96H,1-5,18-30,61-62H2,(H2,63,79)(H,67,86)(H,68,88)(H,69,85)(H,70,87)(H,71,91)(H,72,89)(H,73,92)(H,74,84)(H,75,90)(H,80,81)(H,82,83)(H,93,94)(H4,64,65,66)/t37-,38-,39-,40-,41-,42-,43-,44-,45-,46-/m0/s1. The molecule has 96 heavy (non-hydrogen) atoms. The molecule has 0 saturated carbocycles. The molecule has 10 atom stereocenters. The normalized spacial score (nSPS) is 14.0. The molecule has 0 aliphatic heterocycles. The number of aliphatic imine (C=N–C) groups is 1. The Morgan fingerprint density at radius 2 is 0.688 bits per heavy atom. The number of phenols is 3. The number of aromatic hydroxyl groups is 3. The average molecular weight is 1380 g/mol. The first kappa shape index (κ1) is 80.3. The van der Waals surface area contributed by atoms with Crippen LogP contribution < -0.4 is 76.5 Å². The van der Waals surface area contributed by atoms with Crippen molar-refractivity contribution in [2.45, 2.75) is 150 Å². The second-order valence-electron chi connectivity index (χ2n) is 22.1. The molecule has 3 aromatic rings. The molecule has 0 fully saturated rings. The highest BCUT2D eigenvalue weighted by Crippen LogP contribution is 2.16. The van der Waals surface area contributed by atoms with Crippen LogP contribution in [-0.2, 0) is 81.6 Å². The number of amides is 10. The molecule has 34 nitrogen and oxygen atoms in total. The number of benzene rings is 3. The number of rotatable bonds is 44. The van der Waals surface area contributed by atoms with Crippen LogP contribution in [0.2, 0.25) is 0 Å².